The summed E-state index contributed by atoms with van der Waals surface area (Å²) >= 11 is 0. The van der Waals surface area contributed by atoms with Gasteiger partial charge in [0.2, 0.25) is 11.8 Å². The molecule has 0 saturated heterocycles. The van der Waals surface area contributed by atoms with Gasteiger partial charge in [-0.2, -0.15) is 0 Å². The van der Waals surface area contributed by atoms with Crippen LogP contribution in [0.5, 0.6) is 5.88 Å². The van der Waals surface area contributed by atoms with Gasteiger partial charge < -0.3 is 14.8 Å². The molecule has 0 unspecified atom stereocenters. The molecule has 1 aromatic heterocycles. The Balaban J connectivity index is 2.55. The van der Waals surface area contributed by atoms with E-state index in [2.05, 4.69) is 10.3 Å². The maximum Gasteiger partial charge on any atom is 0.246 e. The van der Waals surface area contributed by atoms with Crippen molar-refractivity contribution < 1.29 is 14.3 Å². The molecule has 5 heteroatoms. The highest BCUT2D eigenvalue weighted by atomic mass is 16.5. The number of nitrogens with zero attached hydrogens (tertiary/aromatic N) is 1. The third kappa shape index (κ3) is 3.86. The molecule has 16 heavy (non-hydrogen) atoms. The smallest absolute Gasteiger partial charge is 0.246 e. The van der Waals surface area contributed by atoms with Gasteiger partial charge in [0.25, 0.3) is 0 Å². The van der Waals surface area contributed by atoms with E-state index in [0.717, 1.165) is 5.56 Å². The Kier molecular flexibility index (Phi) is 5.28. The van der Waals surface area contributed by atoms with Crippen LogP contribution in [0.15, 0.2) is 18.3 Å². The molecule has 0 bridgehead atoms. The van der Waals surface area contributed by atoms with Gasteiger partial charge in [0.15, 0.2) is 0 Å². The lowest BCUT2D eigenvalue weighted by molar-refractivity contribution is -0.124. The molecule has 0 aromatic carbocycles. The van der Waals surface area contributed by atoms with E-state index in [9.17, 15) is 4.79 Å². The number of carbonyl (C=O) groups is 1. The standard InChI is InChI=1S/C11H16N2O3/c1-3-16-11-9(5-4-6-12-11)7-13-10(14)8-15-2/h4-6H,3,7-8H2,1-2H3,(H,13,14). The molecule has 1 rings (SSSR count). The van der Waals surface area contributed by atoms with Gasteiger partial charge in [0.05, 0.1) is 6.61 Å². The molecule has 0 radical (unpaired) electrons. The van der Waals surface area contributed by atoms with Gasteiger partial charge >= 0.3 is 0 Å². The van der Waals surface area contributed by atoms with Crippen molar-refractivity contribution in [2.24, 2.45) is 0 Å². The number of amides is 1. The van der Waals surface area contributed by atoms with Crippen molar-refractivity contribution >= 4 is 5.91 Å². The van der Waals surface area contributed by atoms with Crippen LogP contribution in [-0.2, 0) is 16.1 Å². The number of hydrogen-bond donors (Lipinski definition) is 1. The molecular weight excluding hydrogens is 208 g/mol. The largest absolute Gasteiger partial charge is 0.478 e. The van der Waals surface area contributed by atoms with E-state index in [1.807, 2.05) is 13.0 Å². The first-order valence-electron chi connectivity index (χ1n) is 5.10. The molecule has 0 saturated carbocycles. The quantitative estimate of drug-likeness (QED) is 0.774. The lowest BCUT2D eigenvalue weighted by atomic mass is 10.2. The Morgan fingerprint density at radius 1 is 1.56 bits per heavy atom. The summed E-state index contributed by atoms with van der Waals surface area (Å²) in [4.78, 5) is 15.3. The second-order valence-corrected chi connectivity index (χ2v) is 3.11. The van der Waals surface area contributed by atoms with Crippen LogP contribution < -0.4 is 10.1 Å². The third-order valence-corrected chi connectivity index (χ3v) is 1.88. The number of methoxy groups -OCH3 is 1. The highest BCUT2D eigenvalue weighted by Crippen LogP contribution is 2.13. The summed E-state index contributed by atoms with van der Waals surface area (Å²) in [7, 11) is 1.48. The van der Waals surface area contributed by atoms with Crippen LogP contribution >= 0.6 is 0 Å². The van der Waals surface area contributed by atoms with Crippen LogP contribution in [0.4, 0.5) is 0 Å². The second-order valence-electron chi connectivity index (χ2n) is 3.11. The SMILES string of the molecule is CCOc1ncccc1CNC(=O)COC. The maximum absolute atomic E-state index is 11.2. The van der Waals surface area contributed by atoms with Gasteiger partial charge in [-0.1, -0.05) is 6.07 Å². The van der Waals surface area contributed by atoms with E-state index in [1.165, 1.54) is 7.11 Å². The Morgan fingerprint density at radius 2 is 2.38 bits per heavy atom. The van der Waals surface area contributed by atoms with Crippen LogP contribution in [-0.4, -0.2) is 31.2 Å². The van der Waals surface area contributed by atoms with Crippen molar-refractivity contribution in [3.63, 3.8) is 0 Å². The summed E-state index contributed by atoms with van der Waals surface area (Å²) in [6, 6.07) is 3.67. The molecule has 1 N–H and O–H groups in total. The van der Waals surface area contributed by atoms with E-state index >= 15 is 0 Å². The first-order valence-corrected chi connectivity index (χ1v) is 5.10. The lowest BCUT2D eigenvalue weighted by Crippen LogP contribution is -2.26. The maximum atomic E-state index is 11.2. The fourth-order valence-electron chi connectivity index (χ4n) is 1.20. The van der Waals surface area contributed by atoms with Gasteiger partial charge in [0.1, 0.15) is 6.61 Å². The Bertz CT molecular complexity index is 342. The molecule has 1 heterocycles. The zero-order valence-electron chi connectivity index (χ0n) is 9.53. The second kappa shape index (κ2) is 6.79. The molecule has 1 amide bonds. The van der Waals surface area contributed by atoms with Crippen molar-refractivity contribution in [2.75, 3.05) is 20.3 Å². The zero-order chi connectivity index (χ0) is 11.8. The number of rotatable bonds is 6. The summed E-state index contributed by atoms with van der Waals surface area (Å²) in [5.74, 6) is 0.400. The zero-order valence-corrected chi connectivity index (χ0v) is 9.53. The number of hydrogen-bond acceptors (Lipinski definition) is 4. The molecule has 88 valence electrons. The Hall–Kier alpha value is -1.62. The average Bonchev–Trinajstić information content (AvgIpc) is 2.29. The predicted molar refractivity (Wildman–Crippen MR) is 59.1 cm³/mol. The number of ether oxygens (including phenoxy) is 2. The summed E-state index contributed by atoms with van der Waals surface area (Å²) in [5.41, 5.74) is 0.855. The van der Waals surface area contributed by atoms with Crippen LogP contribution in [0, 0.1) is 0 Å². The minimum absolute atomic E-state index is 0.0598. The topological polar surface area (TPSA) is 60.5 Å². The third-order valence-electron chi connectivity index (χ3n) is 1.88. The minimum Gasteiger partial charge on any atom is -0.478 e. The molecule has 0 spiro atoms. The highest BCUT2D eigenvalue weighted by Gasteiger charge is 2.05. The summed E-state index contributed by atoms with van der Waals surface area (Å²) < 4.78 is 10.0. The molecule has 0 fully saturated rings. The Labute approximate surface area is 94.8 Å². The van der Waals surface area contributed by atoms with Crippen LogP contribution in [0.2, 0.25) is 0 Å². The van der Waals surface area contributed by atoms with Gasteiger partial charge in [0, 0.05) is 25.4 Å². The first-order chi connectivity index (χ1) is 7.77. The van der Waals surface area contributed by atoms with Crippen molar-refractivity contribution in [3.05, 3.63) is 23.9 Å². The minimum atomic E-state index is -0.159. The predicted octanol–water partition coefficient (Wildman–Crippen LogP) is 0.743. The van der Waals surface area contributed by atoms with Gasteiger partial charge in [-0.15, -0.1) is 0 Å². The summed E-state index contributed by atoms with van der Waals surface area (Å²) in [6.07, 6.45) is 1.66. The summed E-state index contributed by atoms with van der Waals surface area (Å²) in [6.45, 7) is 2.90. The fourth-order valence-corrected chi connectivity index (χ4v) is 1.20. The fraction of sp³-hybridized carbons (Fsp3) is 0.455. The molecule has 0 aliphatic rings. The monoisotopic (exact) mass is 224 g/mol. The highest BCUT2D eigenvalue weighted by molar-refractivity contribution is 5.77. The summed E-state index contributed by atoms with van der Waals surface area (Å²) in [5, 5.41) is 2.71. The average molecular weight is 224 g/mol. The van der Waals surface area contributed by atoms with Crippen LogP contribution in [0.1, 0.15) is 12.5 Å². The van der Waals surface area contributed by atoms with E-state index < -0.39 is 0 Å². The molecule has 5 nitrogen and oxygen atoms in total. The van der Waals surface area contributed by atoms with Crippen molar-refractivity contribution in [1.29, 1.82) is 0 Å². The van der Waals surface area contributed by atoms with Crippen molar-refractivity contribution in [1.82, 2.24) is 10.3 Å². The molecule has 1 aromatic rings. The van der Waals surface area contributed by atoms with Gasteiger partial charge in [-0.25, -0.2) is 4.98 Å². The van der Waals surface area contributed by atoms with Gasteiger partial charge in [-0.3, -0.25) is 4.79 Å². The molecular formula is C11H16N2O3. The number of nitrogens with one attached hydrogen (secondary N) is 1. The number of pyridine rings is 1. The van der Waals surface area contributed by atoms with E-state index in [4.69, 9.17) is 9.47 Å². The van der Waals surface area contributed by atoms with E-state index in [0.29, 0.717) is 19.0 Å². The van der Waals surface area contributed by atoms with E-state index in [-0.39, 0.29) is 12.5 Å². The lowest BCUT2D eigenvalue weighted by Gasteiger charge is -2.09. The molecule has 0 aliphatic carbocycles. The van der Waals surface area contributed by atoms with Crippen LogP contribution in [0.25, 0.3) is 0 Å². The first kappa shape index (κ1) is 12.4. The van der Waals surface area contributed by atoms with Crippen LogP contribution in [0.3, 0.4) is 0 Å². The number of aromatic nitrogens is 1. The van der Waals surface area contributed by atoms with Gasteiger partial charge in [-0.05, 0) is 13.0 Å². The molecule has 0 aliphatic heterocycles. The normalized spacial score (nSPS) is 9.88. The van der Waals surface area contributed by atoms with E-state index in [1.54, 1.807) is 12.3 Å². The number of carbonyl (C=O) groups excluding carboxylic acids is 1. The Morgan fingerprint density at radius 3 is 3.06 bits per heavy atom. The molecule has 0 atom stereocenters. The van der Waals surface area contributed by atoms with Crippen molar-refractivity contribution in [3.8, 4) is 5.88 Å². The van der Waals surface area contributed by atoms with Crippen molar-refractivity contribution in [2.45, 2.75) is 13.5 Å².